The maximum absolute atomic E-state index is 5.91. The second-order valence-electron chi connectivity index (χ2n) is 2.59. The first kappa shape index (κ1) is 10.6. The SMILES string of the molecule is CCC(Cl)CCC(Cl)CC. The van der Waals surface area contributed by atoms with Gasteiger partial charge in [-0.15, -0.1) is 23.2 Å². The van der Waals surface area contributed by atoms with E-state index in [2.05, 4.69) is 13.8 Å². The van der Waals surface area contributed by atoms with Gasteiger partial charge < -0.3 is 0 Å². The Balaban J connectivity index is 3.17. The summed E-state index contributed by atoms with van der Waals surface area (Å²) < 4.78 is 0. The molecule has 0 aromatic rings. The highest BCUT2D eigenvalue weighted by Crippen LogP contribution is 2.15. The van der Waals surface area contributed by atoms with Crippen molar-refractivity contribution in [2.75, 3.05) is 0 Å². The van der Waals surface area contributed by atoms with Crippen LogP contribution in [-0.2, 0) is 0 Å². The lowest BCUT2D eigenvalue weighted by Gasteiger charge is -2.08. The first-order valence-corrected chi connectivity index (χ1v) is 4.86. The minimum Gasteiger partial charge on any atom is -0.123 e. The van der Waals surface area contributed by atoms with Crippen molar-refractivity contribution in [1.29, 1.82) is 0 Å². The summed E-state index contributed by atoms with van der Waals surface area (Å²) in [6.07, 6.45) is 4.21. The highest BCUT2D eigenvalue weighted by atomic mass is 35.5. The molecule has 0 saturated carbocycles. The smallest absolute Gasteiger partial charge is 0.0334 e. The summed E-state index contributed by atoms with van der Waals surface area (Å²) in [5, 5.41) is 0.653. The summed E-state index contributed by atoms with van der Waals surface area (Å²) in [6, 6.07) is 0. The van der Waals surface area contributed by atoms with Crippen LogP contribution in [0.25, 0.3) is 0 Å². The van der Waals surface area contributed by atoms with E-state index in [-0.39, 0.29) is 0 Å². The van der Waals surface area contributed by atoms with Gasteiger partial charge in [0.15, 0.2) is 0 Å². The van der Waals surface area contributed by atoms with Crippen molar-refractivity contribution in [1.82, 2.24) is 0 Å². The van der Waals surface area contributed by atoms with Crippen molar-refractivity contribution >= 4 is 23.2 Å². The molecule has 2 atom stereocenters. The molecule has 10 heavy (non-hydrogen) atoms. The zero-order chi connectivity index (χ0) is 7.98. The predicted molar refractivity (Wildman–Crippen MR) is 49.1 cm³/mol. The lowest BCUT2D eigenvalue weighted by Crippen LogP contribution is -2.02. The van der Waals surface area contributed by atoms with Crippen LogP contribution >= 0.6 is 23.2 Å². The van der Waals surface area contributed by atoms with E-state index in [4.69, 9.17) is 23.2 Å². The average Bonchev–Trinajstić information content (AvgIpc) is 1.99. The summed E-state index contributed by atoms with van der Waals surface area (Å²) in [6.45, 7) is 4.21. The molecule has 62 valence electrons. The summed E-state index contributed by atoms with van der Waals surface area (Å²) in [5.41, 5.74) is 0. The number of rotatable bonds is 5. The van der Waals surface area contributed by atoms with Crippen LogP contribution in [0.2, 0.25) is 0 Å². The molecule has 0 aromatic heterocycles. The Morgan fingerprint density at radius 1 is 0.900 bits per heavy atom. The van der Waals surface area contributed by atoms with E-state index >= 15 is 0 Å². The number of hydrogen-bond donors (Lipinski definition) is 0. The summed E-state index contributed by atoms with van der Waals surface area (Å²) in [5.74, 6) is 0. The van der Waals surface area contributed by atoms with Crippen LogP contribution in [0.15, 0.2) is 0 Å². The summed E-state index contributed by atoms with van der Waals surface area (Å²) in [4.78, 5) is 0. The van der Waals surface area contributed by atoms with Crippen LogP contribution in [0, 0.1) is 0 Å². The number of hydrogen-bond acceptors (Lipinski definition) is 0. The lowest BCUT2D eigenvalue weighted by molar-refractivity contribution is 0.637. The van der Waals surface area contributed by atoms with Crippen molar-refractivity contribution in [3.05, 3.63) is 0 Å². The third kappa shape index (κ3) is 5.37. The van der Waals surface area contributed by atoms with Crippen LogP contribution < -0.4 is 0 Å². The van der Waals surface area contributed by atoms with Crippen molar-refractivity contribution in [2.24, 2.45) is 0 Å². The van der Waals surface area contributed by atoms with Gasteiger partial charge in [-0.05, 0) is 25.7 Å². The van der Waals surface area contributed by atoms with Crippen LogP contribution in [0.5, 0.6) is 0 Å². The summed E-state index contributed by atoms with van der Waals surface area (Å²) in [7, 11) is 0. The van der Waals surface area contributed by atoms with Crippen molar-refractivity contribution in [2.45, 2.75) is 50.3 Å². The standard InChI is InChI=1S/C8H16Cl2/c1-3-7(9)5-6-8(10)4-2/h7-8H,3-6H2,1-2H3. The quantitative estimate of drug-likeness (QED) is 0.568. The van der Waals surface area contributed by atoms with Crippen LogP contribution in [-0.4, -0.2) is 10.8 Å². The molecular formula is C8H16Cl2. The van der Waals surface area contributed by atoms with Gasteiger partial charge in [-0.2, -0.15) is 0 Å². The maximum Gasteiger partial charge on any atom is 0.0334 e. The Hall–Kier alpha value is 0.580. The molecule has 0 N–H and O–H groups in total. The van der Waals surface area contributed by atoms with Gasteiger partial charge in [0.1, 0.15) is 0 Å². The Labute approximate surface area is 73.9 Å². The molecule has 0 bridgehead atoms. The zero-order valence-corrected chi connectivity index (χ0v) is 8.25. The molecule has 0 amide bonds. The fourth-order valence-corrected chi connectivity index (χ4v) is 1.02. The van der Waals surface area contributed by atoms with E-state index in [1.165, 1.54) is 0 Å². The van der Waals surface area contributed by atoms with E-state index in [1.54, 1.807) is 0 Å². The monoisotopic (exact) mass is 182 g/mol. The normalized spacial score (nSPS) is 16.8. The van der Waals surface area contributed by atoms with Crippen LogP contribution in [0.3, 0.4) is 0 Å². The molecule has 0 heterocycles. The molecule has 0 aliphatic rings. The first-order chi connectivity index (χ1) is 4.70. The van der Waals surface area contributed by atoms with Gasteiger partial charge in [0.2, 0.25) is 0 Å². The number of halogens is 2. The van der Waals surface area contributed by atoms with E-state index in [9.17, 15) is 0 Å². The van der Waals surface area contributed by atoms with E-state index in [0.717, 1.165) is 25.7 Å². The highest BCUT2D eigenvalue weighted by molar-refractivity contribution is 6.21. The molecular weight excluding hydrogens is 167 g/mol. The molecule has 0 nitrogen and oxygen atoms in total. The molecule has 0 aliphatic heterocycles. The fourth-order valence-electron chi connectivity index (χ4n) is 0.770. The Kier molecular flexibility index (Phi) is 6.67. The second kappa shape index (κ2) is 6.30. The topological polar surface area (TPSA) is 0 Å². The van der Waals surface area contributed by atoms with E-state index in [1.807, 2.05) is 0 Å². The third-order valence-corrected chi connectivity index (χ3v) is 2.73. The average molecular weight is 183 g/mol. The van der Waals surface area contributed by atoms with Gasteiger partial charge in [0.25, 0.3) is 0 Å². The van der Waals surface area contributed by atoms with E-state index < -0.39 is 0 Å². The Morgan fingerprint density at radius 2 is 1.20 bits per heavy atom. The fraction of sp³-hybridized carbons (Fsp3) is 1.00. The molecule has 0 aliphatic carbocycles. The molecule has 0 fully saturated rings. The summed E-state index contributed by atoms with van der Waals surface area (Å²) >= 11 is 11.8. The van der Waals surface area contributed by atoms with Gasteiger partial charge in [-0.1, -0.05) is 13.8 Å². The largest absolute Gasteiger partial charge is 0.123 e. The molecule has 0 aromatic carbocycles. The minimum atomic E-state index is 0.327. The van der Waals surface area contributed by atoms with Crippen molar-refractivity contribution in [3.63, 3.8) is 0 Å². The third-order valence-electron chi connectivity index (χ3n) is 1.68. The first-order valence-electron chi connectivity index (χ1n) is 3.98. The van der Waals surface area contributed by atoms with Gasteiger partial charge in [-0.3, -0.25) is 0 Å². The molecule has 0 radical (unpaired) electrons. The molecule has 0 spiro atoms. The van der Waals surface area contributed by atoms with Crippen molar-refractivity contribution in [3.8, 4) is 0 Å². The van der Waals surface area contributed by atoms with Crippen LogP contribution in [0.1, 0.15) is 39.5 Å². The molecule has 2 heteroatoms. The Morgan fingerprint density at radius 3 is 1.40 bits per heavy atom. The van der Waals surface area contributed by atoms with Gasteiger partial charge in [0, 0.05) is 10.8 Å². The molecule has 0 saturated heterocycles. The van der Waals surface area contributed by atoms with Crippen LogP contribution in [0.4, 0.5) is 0 Å². The molecule has 2 unspecified atom stereocenters. The highest BCUT2D eigenvalue weighted by Gasteiger charge is 2.05. The van der Waals surface area contributed by atoms with Gasteiger partial charge in [-0.25, -0.2) is 0 Å². The number of alkyl halides is 2. The molecule has 0 rings (SSSR count). The second-order valence-corrected chi connectivity index (χ2v) is 3.82. The Bertz CT molecular complexity index is 63.7. The van der Waals surface area contributed by atoms with Crippen molar-refractivity contribution < 1.29 is 0 Å². The van der Waals surface area contributed by atoms with Gasteiger partial charge >= 0.3 is 0 Å². The van der Waals surface area contributed by atoms with E-state index in [0.29, 0.717) is 10.8 Å². The predicted octanol–water partition coefficient (Wildman–Crippen LogP) is 3.80. The maximum atomic E-state index is 5.91. The minimum absolute atomic E-state index is 0.327. The zero-order valence-electron chi connectivity index (χ0n) is 6.74. The van der Waals surface area contributed by atoms with Gasteiger partial charge in [0.05, 0.1) is 0 Å². The lowest BCUT2D eigenvalue weighted by atomic mass is 10.1.